The van der Waals surface area contributed by atoms with Crippen molar-refractivity contribution in [3.63, 3.8) is 0 Å². The van der Waals surface area contributed by atoms with E-state index in [0.717, 1.165) is 42.7 Å². The summed E-state index contributed by atoms with van der Waals surface area (Å²) < 4.78 is 71.0. The molecule has 1 spiro atoms. The predicted molar refractivity (Wildman–Crippen MR) is 197 cm³/mol. The van der Waals surface area contributed by atoms with Crippen molar-refractivity contribution in [2.45, 2.75) is 134 Å². The van der Waals surface area contributed by atoms with Gasteiger partial charge in [-0.1, -0.05) is 64.5 Å². The molecule has 5 aliphatic rings. The van der Waals surface area contributed by atoms with Gasteiger partial charge in [0, 0.05) is 30.9 Å². The van der Waals surface area contributed by atoms with Crippen LogP contribution in [0.15, 0.2) is 71.4 Å². The van der Waals surface area contributed by atoms with E-state index in [-0.39, 0.29) is 36.3 Å². The molecule has 0 saturated carbocycles. The van der Waals surface area contributed by atoms with E-state index in [1.54, 1.807) is 25.2 Å². The Kier molecular flexibility index (Phi) is 12.1. The van der Waals surface area contributed by atoms with Crippen LogP contribution < -0.4 is 5.32 Å². The van der Waals surface area contributed by atoms with E-state index in [2.05, 4.69) is 26.1 Å². The number of anilines is 1. The van der Waals surface area contributed by atoms with E-state index in [4.69, 9.17) is 23.7 Å². The second kappa shape index (κ2) is 16.2. The number of aliphatic hydroxyl groups is 2. The molecule has 1 aromatic rings. The molecule has 6 rings (SSSR count). The molecule has 0 unspecified atom stereocenters. The maximum atomic E-state index is 14.4. The molecule has 3 saturated heterocycles. The van der Waals surface area contributed by atoms with Crippen LogP contribution >= 0.6 is 0 Å². The normalized spacial score (nSPS) is 40.0. The fourth-order valence-corrected chi connectivity index (χ4v) is 8.69. The lowest BCUT2D eigenvalue weighted by atomic mass is 9.70. The lowest BCUT2D eigenvalue weighted by Gasteiger charge is -2.51. The van der Waals surface area contributed by atoms with Gasteiger partial charge in [0.15, 0.2) is 11.9 Å². The second-order valence-corrected chi connectivity index (χ2v) is 16.2. The van der Waals surface area contributed by atoms with Gasteiger partial charge in [-0.15, -0.1) is 0 Å². The number of halogens is 3. The molecule has 1 amide bonds. The first-order valence-electron chi connectivity index (χ1n) is 19.4. The zero-order valence-corrected chi connectivity index (χ0v) is 32.3. The van der Waals surface area contributed by atoms with Crippen LogP contribution in [0.1, 0.15) is 85.6 Å². The Bertz CT molecular complexity index is 1700. The molecule has 13 heteroatoms. The maximum Gasteiger partial charge on any atom is 0.416 e. The maximum absolute atomic E-state index is 14.4. The summed E-state index contributed by atoms with van der Waals surface area (Å²) >= 11 is 0. The zero-order valence-electron chi connectivity index (χ0n) is 32.3. The standard InChI is InChI=1S/C42H54F3NO9/c1-7-23(2)35-26(5)17-18-40(55-35)21-32-20-31(54-40)16-11-25(4)34(47)24(3)9-8-10-29-22-51-37-36(27(6)19-33(38(48)52-32)41(29,37)50)53-39(49)46-30-14-12-28(13-15-30)42(43,44)45/h8-15,19,23-24,26,31-37,47,50H,7,16-18,20-22H2,1-6H3,(H,46,49)/b9-8+,25-11+,29-10+/t23-,24-,26-,31+,32-,33-,34-,35+,36+,37+,40+,41+/m0/s1. The van der Waals surface area contributed by atoms with Crippen LogP contribution in [0.25, 0.3) is 0 Å². The number of fused-ring (bicyclic) bond motifs is 2. The third-order valence-electron chi connectivity index (χ3n) is 12.1. The fraction of sp³-hybridized carbons (Fsp3) is 0.619. The number of amides is 1. The van der Waals surface area contributed by atoms with Crippen LogP contribution in [-0.2, 0) is 34.7 Å². The number of allylic oxidation sites excluding steroid dienone is 2. The highest BCUT2D eigenvalue weighted by Gasteiger charge is 2.61. The largest absolute Gasteiger partial charge is 0.462 e. The van der Waals surface area contributed by atoms with Gasteiger partial charge in [-0.05, 0) is 79.5 Å². The highest BCUT2D eigenvalue weighted by atomic mass is 19.4. The van der Waals surface area contributed by atoms with E-state index < -0.39 is 65.5 Å². The van der Waals surface area contributed by atoms with Gasteiger partial charge >= 0.3 is 18.2 Å². The van der Waals surface area contributed by atoms with Crippen molar-refractivity contribution >= 4 is 17.7 Å². The number of ether oxygens (including phenoxy) is 5. The third-order valence-corrected chi connectivity index (χ3v) is 12.1. The Morgan fingerprint density at radius 1 is 1.11 bits per heavy atom. The number of nitrogens with one attached hydrogen (secondary N) is 1. The van der Waals surface area contributed by atoms with Gasteiger partial charge in [0.2, 0.25) is 0 Å². The Hall–Kier alpha value is -3.49. The Morgan fingerprint density at radius 2 is 1.84 bits per heavy atom. The van der Waals surface area contributed by atoms with Crippen molar-refractivity contribution < 1.29 is 56.7 Å². The summed E-state index contributed by atoms with van der Waals surface area (Å²) in [4.78, 5) is 27.5. The molecular weight excluding hydrogens is 719 g/mol. The van der Waals surface area contributed by atoms with Gasteiger partial charge in [-0.2, -0.15) is 13.2 Å². The van der Waals surface area contributed by atoms with Crippen molar-refractivity contribution in [2.75, 3.05) is 11.9 Å². The Balaban J connectivity index is 1.32. The van der Waals surface area contributed by atoms with E-state index in [1.165, 1.54) is 6.08 Å². The summed E-state index contributed by atoms with van der Waals surface area (Å²) in [7, 11) is 0. The number of esters is 1. The summed E-state index contributed by atoms with van der Waals surface area (Å²) in [6, 6.07) is 3.90. The number of aliphatic hydroxyl groups excluding tert-OH is 1. The number of benzene rings is 1. The van der Waals surface area contributed by atoms with Gasteiger partial charge in [-0.3, -0.25) is 10.1 Å². The molecule has 1 aromatic carbocycles. The topological polar surface area (TPSA) is 133 Å². The Labute approximate surface area is 320 Å². The van der Waals surface area contributed by atoms with Crippen molar-refractivity contribution in [1.29, 1.82) is 0 Å². The van der Waals surface area contributed by atoms with Crippen LogP contribution in [0.2, 0.25) is 0 Å². The summed E-state index contributed by atoms with van der Waals surface area (Å²) in [6.07, 6.45) is 2.53. The summed E-state index contributed by atoms with van der Waals surface area (Å²) in [5, 5.41) is 26.3. The monoisotopic (exact) mass is 773 g/mol. The van der Waals surface area contributed by atoms with Crippen LogP contribution in [0.5, 0.6) is 0 Å². The van der Waals surface area contributed by atoms with Crippen LogP contribution in [0.4, 0.5) is 23.7 Å². The third kappa shape index (κ3) is 8.61. The molecular formula is C42H54F3NO9. The number of carbonyl (C=O) groups excluding carboxylic acids is 2. The van der Waals surface area contributed by atoms with Gasteiger partial charge in [0.25, 0.3) is 0 Å². The first-order valence-corrected chi connectivity index (χ1v) is 19.4. The van der Waals surface area contributed by atoms with Gasteiger partial charge in [0.1, 0.15) is 23.7 Å². The minimum atomic E-state index is -4.54. The van der Waals surface area contributed by atoms with Gasteiger partial charge < -0.3 is 33.9 Å². The van der Waals surface area contributed by atoms with Crippen LogP contribution in [0, 0.1) is 23.7 Å². The number of rotatable bonds is 4. The van der Waals surface area contributed by atoms with Crippen molar-refractivity contribution in [1.82, 2.24) is 0 Å². The Morgan fingerprint density at radius 3 is 2.53 bits per heavy atom. The van der Waals surface area contributed by atoms with E-state index in [9.17, 15) is 33.0 Å². The number of alkyl halides is 3. The summed E-state index contributed by atoms with van der Waals surface area (Å²) in [5.74, 6) is -2.59. The zero-order chi connectivity index (χ0) is 39.9. The van der Waals surface area contributed by atoms with Crippen molar-refractivity contribution in [3.8, 4) is 0 Å². The average Bonchev–Trinajstić information content (AvgIpc) is 3.47. The van der Waals surface area contributed by atoms with E-state index in [1.807, 2.05) is 19.9 Å². The molecule has 3 N–H and O–H groups in total. The molecule has 4 heterocycles. The molecule has 1 aliphatic carbocycles. The minimum Gasteiger partial charge on any atom is -0.462 e. The molecule has 10 nitrogen and oxygen atoms in total. The number of hydrogen-bond acceptors (Lipinski definition) is 9. The van der Waals surface area contributed by atoms with E-state index in [0.29, 0.717) is 42.7 Å². The SMILES string of the molecule is CC[C@H](C)[C@H]1O[C@]2(CC[C@@H]1C)C[C@@H]1C[C@@H](C/C=C(\C)[C@@H](O)[C@@H](C)/C=C/C=C3\CO[C@@H]4[C@H](OC(=O)Nc5ccc(C(F)(F)F)cc5)C(C)=C[C@@H](C(=O)O1)[C@]34O)O2. The second-order valence-electron chi connectivity index (χ2n) is 16.2. The van der Waals surface area contributed by atoms with Gasteiger partial charge in [-0.25, -0.2) is 4.79 Å². The molecule has 3 fully saturated rings. The smallest absolute Gasteiger partial charge is 0.416 e. The molecule has 0 radical (unpaired) electrons. The molecule has 2 bridgehead atoms. The first-order chi connectivity index (χ1) is 25.9. The predicted octanol–water partition coefficient (Wildman–Crippen LogP) is 7.81. The highest BCUT2D eigenvalue weighted by Crippen LogP contribution is 2.48. The first kappa shape index (κ1) is 41.2. The molecule has 55 heavy (non-hydrogen) atoms. The lowest BCUT2D eigenvalue weighted by Crippen LogP contribution is -2.59. The molecule has 4 aliphatic heterocycles. The van der Waals surface area contributed by atoms with Crippen molar-refractivity contribution in [3.05, 3.63) is 76.9 Å². The summed E-state index contributed by atoms with van der Waals surface area (Å²) in [6.45, 7) is 11.8. The van der Waals surface area contributed by atoms with E-state index >= 15 is 0 Å². The number of hydrogen-bond donors (Lipinski definition) is 3. The van der Waals surface area contributed by atoms with Gasteiger partial charge in [0.05, 0.1) is 30.5 Å². The lowest BCUT2D eigenvalue weighted by molar-refractivity contribution is -0.340. The molecule has 302 valence electrons. The average molecular weight is 774 g/mol. The summed E-state index contributed by atoms with van der Waals surface area (Å²) in [5.41, 5.74) is -1.27. The van der Waals surface area contributed by atoms with Crippen LogP contribution in [-0.4, -0.2) is 76.9 Å². The van der Waals surface area contributed by atoms with Crippen molar-refractivity contribution in [2.24, 2.45) is 23.7 Å². The van der Waals surface area contributed by atoms with Crippen LogP contribution in [0.3, 0.4) is 0 Å². The highest BCUT2D eigenvalue weighted by molar-refractivity contribution is 5.85. The molecule has 12 atom stereocenters. The number of carbonyl (C=O) groups is 2. The minimum absolute atomic E-state index is 0.0411. The molecule has 0 aromatic heterocycles. The fourth-order valence-electron chi connectivity index (χ4n) is 8.69. The quantitative estimate of drug-likeness (QED) is 0.207.